The van der Waals surface area contributed by atoms with Gasteiger partial charge in [-0.1, -0.05) is 34.8 Å². The first-order chi connectivity index (χ1) is 8.37. The van der Waals surface area contributed by atoms with Crippen molar-refractivity contribution in [3.05, 3.63) is 27.2 Å². The molecule has 1 N–H and O–H groups in total. The van der Waals surface area contributed by atoms with Crippen molar-refractivity contribution in [1.82, 2.24) is 0 Å². The molecule has 1 fully saturated rings. The van der Waals surface area contributed by atoms with Gasteiger partial charge in [0.25, 0.3) is 0 Å². The smallest absolute Gasteiger partial charge is 0.0755 e. The van der Waals surface area contributed by atoms with Crippen LogP contribution in [0, 0.1) is 0 Å². The quantitative estimate of drug-likeness (QED) is 0.792. The van der Waals surface area contributed by atoms with Gasteiger partial charge in [0.05, 0.1) is 32.5 Å². The maximum Gasteiger partial charge on any atom is 0.0755 e. The van der Waals surface area contributed by atoms with Crippen LogP contribution in [0.1, 0.15) is 26.7 Å². The van der Waals surface area contributed by atoms with Crippen molar-refractivity contribution >= 4 is 40.5 Å². The molecular formula is C13H16Cl3NO. The molecule has 18 heavy (non-hydrogen) atoms. The summed E-state index contributed by atoms with van der Waals surface area (Å²) in [7, 11) is 0. The minimum atomic E-state index is -0.0201. The molecule has 0 spiro atoms. The Labute approximate surface area is 123 Å². The highest BCUT2D eigenvalue weighted by molar-refractivity contribution is 6.44. The third-order valence-electron chi connectivity index (χ3n) is 3.08. The summed E-state index contributed by atoms with van der Waals surface area (Å²) in [5, 5.41) is 4.79. The number of nitrogens with one attached hydrogen (secondary N) is 1. The molecule has 1 aliphatic rings. The summed E-state index contributed by atoms with van der Waals surface area (Å²) in [6, 6.07) is 3.39. The monoisotopic (exact) mass is 307 g/mol. The van der Waals surface area contributed by atoms with Crippen LogP contribution in [0.25, 0.3) is 0 Å². The molecule has 1 heterocycles. The molecule has 1 unspecified atom stereocenters. The Kier molecular flexibility index (Phi) is 4.32. The molecule has 0 aromatic heterocycles. The number of hydrogen-bond acceptors (Lipinski definition) is 2. The van der Waals surface area contributed by atoms with Gasteiger partial charge in [0.1, 0.15) is 0 Å². The lowest BCUT2D eigenvalue weighted by Crippen LogP contribution is -2.24. The van der Waals surface area contributed by atoms with Crippen molar-refractivity contribution in [2.45, 2.75) is 38.4 Å². The van der Waals surface area contributed by atoms with E-state index < -0.39 is 0 Å². The van der Waals surface area contributed by atoms with Crippen molar-refractivity contribution in [3.8, 4) is 0 Å². The van der Waals surface area contributed by atoms with Gasteiger partial charge in [-0.3, -0.25) is 0 Å². The Hall–Kier alpha value is -0.150. The molecule has 0 radical (unpaired) electrons. The van der Waals surface area contributed by atoms with Crippen LogP contribution in [-0.2, 0) is 4.74 Å². The van der Waals surface area contributed by atoms with Gasteiger partial charge in [-0.25, -0.2) is 0 Å². The van der Waals surface area contributed by atoms with Crippen molar-refractivity contribution in [2.75, 3.05) is 11.9 Å². The minimum absolute atomic E-state index is 0.0201. The SMILES string of the molecule is CC1(C)CCC(CNc2cc(Cl)c(Cl)cc2Cl)O1. The lowest BCUT2D eigenvalue weighted by molar-refractivity contribution is -0.00910. The number of hydrogen-bond donors (Lipinski definition) is 1. The fourth-order valence-corrected chi connectivity index (χ4v) is 2.72. The van der Waals surface area contributed by atoms with Gasteiger partial charge in [-0.05, 0) is 38.8 Å². The Bertz CT molecular complexity index is 448. The lowest BCUT2D eigenvalue weighted by atomic mass is 10.1. The Balaban J connectivity index is 1.97. The molecule has 2 nitrogen and oxygen atoms in total. The zero-order valence-electron chi connectivity index (χ0n) is 10.4. The van der Waals surface area contributed by atoms with Crippen LogP contribution in [0.2, 0.25) is 15.1 Å². The van der Waals surface area contributed by atoms with E-state index in [1.165, 1.54) is 0 Å². The van der Waals surface area contributed by atoms with E-state index in [1.807, 2.05) is 0 Å². The zero-order chi connectivity index (χ0) is 13.3. The highest BCUT2D eigenvalue weighted by Gasteiger charge is 2.31. The number of halogens is 3. The number of benzene rings is 1. The van der Waals surface area contributed by atoms with Gasteiger partial charge in [0.2, 0.25) is 0 Å². The first kappa shape index (κ1) is 14.3. The van der Waals surface area contributed by atoms with Crippen LogP contribution in [-0.4, -0.2) is 18.2 Å². The molecule has 0 bridgehead atoms. The average molecular weight is 309 g/mol. The van der Waals surface area contributed by atoms with Crippen LogP contribution in [0.15, 0.2) is 12.1 Å². The largest absolute Gasteiger partial charge is 0.381 e. The van der Waals surface area contributed by atoms with E-state index in [0.29, 0.717) is 15.1 Å². The number of ether oxygens (including phenoxy) is 1. The highest BCUT2D eigenvalue weighted by Crippen LogP contribution is 2.33. The van der Waals surface area contributed by atoms with Crippen molar-refractivity contribution in [3.63, 3.8) is 0 Å². The Morgan fingerprint density at radius 2 is 1.89 bits per heavy atom. The van der Waals surface area contributed by atoms with Gasteiger partial charge in [0.15, 0.2) is 0 Å². The first-order valence-corrected chi connectivity index (χ1v) is 7.07. The van der Waals surface area contributed by atoms with Crippen LogP contribution in [0.3, 0.4) is 0 Å². The third kappa shape index (κ3) is 3.45. The molecule has 1 aromatic rings. The fourth-order valence-electron chi connectivity index (χ4n) is 2.10. The summed E-state index contributed by atoms with van der Waals surface area (Å²) in [6.07, 6.45) is 2.35. The van der Waals surface area contributed by atoms with Gasteiger partial charge in [-0.15, -0.1) is 0 Å². The van der Waals surface area contributed by atoms with Gasteiger partial charge in [0, 0.05) is 6.54 Å². The van der Waals surface area contributed by atoms with Crippen molar-refractivity contribution in [1.29, 1.82) is 0 Å². The standard InChI is InChI=1S/C13H16Cl3NO/c1-13(2)4-3-8(18-13)7-17-12-6-10(15)9(14)5-11(12)16/h5-6,8,17H,3-4,7H2,1-2H3. The van der Waals surface area contributed by atoms with Gasteiger partial charge < -0.3 is 10.1 Å². The summed E-state index contributed by atoms with van der Waals surface area (Å²) >= 11 is 17.9. The first-order valence-electron chi connectivity index (χ1n) is 5.94. The third-order valence-corrected chi connectivity index (χ3v) is 4.12. The van der Waals surface area contributed by atoms with Crippen molar-refractivity contribution < 1.29 is 4.74 Å². The Morgan fingerprint density at radius 1 is 1.22 bits per heavy atom. The molecule has 100 valence electrons. The van der Waals surface area contributed by atoms with E-state index in [-0.39, 0.29) is 11.7 Å². The van der Waals surface area contributed by atoms with Crippen molar-refractivity contribution in [2.24, 2.45) is 0 Å². The average Bonchev–Trinajstić information content (AvgIpc) is 2.62. The van der Waals surface area contributed by atoms with E-state index in [2.05, 4.69) is 19.2 Å². The second kappa shape index (κ2) is 5.46. The summed E-state index contributed by atoms with van der Waals surface area (Å²) in [4.78, 5) is 0. The maximum atomic E-state index is 6.10. The summed E-state index contributed by atoms with van der Waals surface area (Å²) < 4.78 is 5.90. The normalized spacial score (nSPS) is 22.2. The molecule has 2 rings (SSSR count). The maximum absolute atomic E-state index is 6.10. The van der Waals surface area contributed by atoms with Crippen LogP contribution < -0.4 is 5.32 Å². The minimum Gasteiger partial charge on any atom is -0.381 e. The van der Waals surface area contributed by atoms with E-state index in [0.717, 1.165) is 25.1 Å². The fraction of sp³-hybridized carbons (Fsp3) is 0.538. The molecule has 1 aliphatic heterocycles. The van der Waals surface area contributed by atoms with Gasteiger partial charge in [-0.2, -0.15) is 0 Å². The topological polar surface area (TPSA) is 21.3 Å². The Morgan fingerprint density at radius 3 is 2.50 bits per heavy atom. The predicted octanol–water partition coefficient (Wildman–Crippen LogP) is 5.02. The zero-order valence-corrected chi connectivity index (χ0v) is 12.7. The molecule has 0 saturated carbocycles. The van der Waals surface area contributed by atoms with Crippen LogP contribution >= 0.6 is 34.8 Å². The lowest BCUT2D eigenvalue weighted by Gasteiger charge is -2.20. The molecule has 1 atom stereocenters. The highest BCUT2D eigenvalue weighted by atomic mass is 35.5. The van der Waals surface area contributed by atoms with Crippen LogP contribution in [0.4, 0.5) is 5.69 Å². The molecule has 0 amide bonds. The van der Waals surface area contributed by atoms with Crippen LogP contribution in [0.5, 0.6) is 0 Å². The summed E-state index contributed by atoms with van der Waals surface area (Å²) in [5.41, 5.74) is 0.771. The van der Waals surface area contributed by atoms with E-state index in [1.54, 1.807) is 12.1 Å². The van der Waals surface area contributed by atoms with E-state index >= 15 is 0 Å². The molecular weight excluding hydrogens is 293 g/mol. The number of anilines is 1. The number of rotatable bonds is 3. The predicted molar refractivity (Wildman–Crippen MR) is 78.1 cm³/mol. The van der Waals surface area contributed by atoms with E-state index in [9.17, 15) is 0 Å². The molecule has 1 saturated heterocycles. The molecule has 0 aliphatic carbocycles. The summed E-state index contributed by atoms with van der Waals surface area (Å²) in [6.45, 7) is 4.94. The van der Waals surface area contributed by atoms with E-state index in [4.69, 9.17) is 39.5 Å². The molecule has 5 heteroatoms. The molecule has 1 aromatic carbocycles. The second-order valence-electron chi connectivity index (χ2n) is 5.17. The van der Waals surface area contributed by atoms with Gasteiger partial charge >= 0.3 is 0 Å². The summed E-state index contributed by atoms with van der Waals surface area (Å²) in [5.74, 6) is 0. The second-order valence-corrected chi connectivity index (χ2v) is 6.39.